The fourth-order valence-corrected chi connectivity index (χ4v) is 2.18. The Kier molecular flexibility index (Phi) is 3.82. The second-order valence-corrected chi connectivity index (χ2v) is 4.60. The van der Waals surface area contributed by atoms with Gasteiger partial charge >= 0.3 is 0 Å². The number of hydrogen-bond acceptors (Lipinski definition) is 4. The summed E-state index contributed by atoms with van der Waals surface area (Å²) in [6, 6.07) is 3.60. The number of rotatable bonds is 4. The molecule has 1 aromatic heterocycles. The first-order valence-electron chi connectivity index (χ1n) is 5.60. The second-order valence-electron chi connectivity index (χ2n) is 4.22. The number of aromatic nitrogens is 1. The van der Waals surface area contributed by atoms with Crippen molar-refractivity contribution in [3.63, 3.8) is 0 Å². The zero-order valence-electron chi connectivity index (χ0n) is 9.61. The molecule has 4 nitrogen and oxygen atoms in total. The molecule has 90 valence electrons. The molecular weight excluding hydrogens is 238 g/mol. The predicted octanol–water partition coefficient (Wildman–Crippen LogP) is 1.98. The molecule has 1 saturated carbocycles. The van der Waals surface area contributed by atoms with Gasteiger partial charge in [0.15, 0.2) is 0 Å². The van der Waals surface area contributed by atoms with E-state index in [4.69, 9.17) is 21.6 Å². The highest BCUT2D eigenvalue weighted by molar-refractivity contribution is 6.32. The van der Waals surface area contributed by atoms with Crippen molar-refractivity contribution in [1.82, 2.24) is 10.3 Å². The molecule has 0 amide bonds. The quantitative estimate of drug-likeness (QED) is 0.889. The van der Waals surface area contributed by atoms with Gasteiger partial charge in [0.05, 0.1) is 5.56 Å². The average molecular weight is 252 g/mol. The van der Waals surface area contributed by atoms with E-state index in [-0.39, 0.29) is 6.10 Å². The van der Waals surface area contributed by atoms with E-state index < -0.39 is 0 Å². The van der Waals surface area contributed by atoms with E-state index in [1.165, 1.54) is 0 Å². The lowest BCUT2D eigenvalue weighted by molar-refractivity contribution is 0.0618. The summed E-state index contributed by atoms with van der Waals surface area (Å²) in [6.07, 6.45) is 3.74. The van der Waals surface area contributed by atoms with Gasteiger partial charge < -0.3 is 10.1 Å². The van der Waals surface area contributed by atoms with Crippen LogP contribution in [0.5, 0.6) is 5.88 Å². The van der Waals surface area contributed by atoms with Crippen molar-refractivity contribution in [3.05, 3.63) is 22.8 Å². The maximum atomic E-state index is 8.83. The Hall–Kier alpha value is -1.31. The average Bonchev–Trinajstić information content (AvgIpc) is 2.28. The summed E-state index contributed by atoms with van der Waals surface area (Å²) in [6.45, 7) is 1.01. The lowest BCUT2D eigenvalue weighted by atomic mass is 9.82. The van der Waals surface area contributed by atoms with E-state index in [0.29, 0.717) is 22.4 Å². The lowest BCUT2D eigenvalue weighted by Crippen LogP contribution is -2.38. The van der Waals surface area contributed by atoms with Crippen LogP contribution in [0.3, 0.4) is 0 Å². The Bertz CT molecular complexity index is 438. The zero-order valence-corrected chi connectivity index (χ0v) is 10.4. The predicted molar refractivity (Wildman–Crippen MR) is 65.0 cm³/mol. The summed E-state index contributed by atoms with van der Waals surface area (Å²) in [4.78, 5) is 4.06. The molecule has 17 heavy (non-hydrogen) atoms. The van der Waals surface area contributed by atoms with E-state index in [1.54, 1.807) is 12.3 Å². The summed E-state index contributed by atoms with van der Waals surface area (Å²) >= 11 is 6.01. The highest BCUT2D eigenvalue weighted by Gasteiger charge is 2.31. The number of nitrogens with zero attached hydrogens (tertiary/aromatic N) is 2. The fourth-order valence-electron chi connectivity index (χ4n) is 1.98. The van der Waals surface area contributed by atoms with Gasteiger partial charge in [-0.1, -0.05) is 11.6 Å². The zero-order chi connectivity index (χ0) is 12.3. The third-order valence-corrected chi connectivity index (χ3v) is 3.31. The van der Waals surface area contributed by atoms with Gasteiger partial charge in [0, 0.05) is 6.20 Å². The molecular formula is C12H14ClN3O. The van der Waals surface area contributed by atoms with Crippen LogP contribution in [-0.4, -0.2) is 24.7 Å². The molecule has 0 unspecified atom stereocenters. The third-order valence-electron chi connectivity index (χ3n) is 2.94. The molecule has 0 radical (unpaired) electrons. The largest absolute Gasteiger partial charge is 0.473 e. The molecule has 0 saturated heterocycles. The topological polar surface area (TPSA) is 57.9 Å². The minimum absolute atomic E-state index is 0.173. The van der Waals surface area contributed by atoms with Crippen LogP contribution in [0.25, 0.3) is 0 Å². The van der Waals surface area contributed by atoms with Crippen molar-refractivity contribution in [2.45, 2.75) is 18.9 Å². The van der Waals surface area contributed by atoms with Crippen molar-refractivity contribution in [2.75, 3.05) is 13.6 Å². The van der Waals surface area contributed by atoms with Crippen LogP contribution >= 0.6 is 11.6 Å². The molecule has 0 aromatic carbocycles. The van der Waals surface area contributed by atoms with E-state index in [0.717, 1.165) is 19.4 Å². The number of nitriles is 1. The number of ether oxygens (including phenoxy) is 1. The molecule has 1 aliphatic carbocycles. The maximum absolute atomic E-state index is 8.83. The lowest BCUT2D eigenvalue weighted by Gasteiger charge is -2.35. The van der Waals surface area contributed by atoms with Crippen LogP contribution in [0.15, 0.2) is 12.3 Å². The number of pyridine rings is 1. The molecule has 1 heterocycles. The summed E-state index contributed by atoms with van der Waals surface area (Å²) in [5.74, 6) is 1.04. The summed E-state index contributed by atoms with van der Waals surface area (Å²) < 4.78 is 5.68. The van der Waals surface area contributed by atoms with Crippen LogP contribution in [0.4, 0.5) is 0 Å². The van der Waals surface area contributed by atoms with Crippen LogP contribution < -0.4 is 10.1 Å². The molecule has 1 N–H and O–H groups in total. The summed E-state index contributed by atoms with van der Waals surface area (Å²) in [5.41, 5.74) is 0.405. The molecule has 0 spiro atoms. The Labute approximate surface area is 106 Å². The van der Waals surface area contributed by atoms with Crippen molar-refractivity contribution >= 4 is 11.6 Å². The van der Waals surface area contributed by atoms with E-state index in [1.807, 2.05) is 13.1 Å². The van der Waals surface area contributed by atoms with Crippen LogP contribution in [0, 0.1) is 17.2 Å². The molecule has 2 rings (SSSR count). The van der Waals surface area contributed by atoms with Crippen LogP contribution in [-0.2, 0) is 0 Å². The van der Waals surface area contributed by atoms with Gasteiger partial charge in [-0.3, -0.25) is 0 Å². The monoisotopic (exact) mass is 251 g/mol. The van der Waals surface area contributed by atoms with E-state index in [9.17, 15) is 0 Å². The van der Waals surface area contributed by atoms with E-state index >= 15 is 0 Å². The number of nitrogens with one attached hydrogen (secondary N) is 1. The molecule has 0 bridgehead atoms. The van der Waals surface area contributed by atoms with Gasteiger partial charge in [0.1, 0.15) is 17.2 Å². The third kappa shape index (κ3) is 2.68. The standard InChI is InChI=1S/C12H14ClN3O/c1-15-7-8-4-10(5-8)17-12-11(13)9(6-14)2-3-16-12/h2-3,8,10,15H,4-5,7H2,1H3. The Morgan fingerprint density at radius 1 is 1.65 bits per heavy atom. The molecule has 1 aromatic rings. The van der Waals surface area contributed by atoms with Gasteiger partial charge in [0.25, 0.3) is 0 Å². The number of halogens is 1. The van der Waals surface area contributed by atoms with Gasteiger partial charge in [-0.2, -0.15) is 5.26 Å². The minimum Gasteiger partial charge on any atom is -0.473 e. The van der Waals surface area contributed by atoms with Gasteiger partial charge in [0.2, 0.25) is 5.88 Å². The molecule has 1 fully saturated rings. The van der Waals surface area contributed by atoms with Gasteiger partial charge in [-0.05, 0) is 38.4 Å². The molecule has 5 heteroatoms. The van der Waals surface area contributed by atoms with Crippen molar-refractivity contribution in [2.24, 2.45) is 5.92 Å². The highest BCUT2D eigenvalue weighted by Crippen LogP contribution is 2.33. The fraction of sp³-hybridized carbons (Fsp3) is 0.500. The Morgan fingerprint density at radius 2 is 2.41 bits per heavy atom. The van der Waals surface area contributed by atoms with Gasteiger partial charge in [-0.15, -0.1) is 0 Å². The second kappa shape index (κ2) is 5.35. The minimum atomic E-state index is 0.173. The summed E-state index contributed by atoms with van der Waals surface area (Å²) in [5, 5.41) is 12.3. The van der Waals surface area contributed by atoms with Crippen molar-refractivity contribution in [3.8, 4) is 11.9 Å². The van der Waals surface area contributed by atoms with Crippen LogP contribution in [0.1, 0.15) is 18.4 Å². The maximum Gasteiger partial charge on any atom is 0.234 e. The van der Waals surface area contributed by atoms with Crippen molar-refractivity contribution < 1.29 is 4.74 Å². The van der Waals surface area contributed by atoms with Crippen LogP contribution in [0.2, 0.25) is 5.02 Å². The SMILES string of the molecule is CNCC1CC(Oc2nccc(C#N)c2Cl)C1. The highest BCUT2D eigenvalue weighted by atomic mass is 35.5. The normalized spacial score (nSPS) is 22.6. The van der Waals surface area contributed by atoms with Gasteiger partial charge in [-0.25, -0.2) is 4.98 Å². The van der Waals surface area contributed by atoms with E-state index in [2.05, 4.69) is 10.3 Å². The molecule has 0 atom stereocenters. The number of hydrogen-bond donors (Lipinski definition) is 1. The Balaban J connectivity index is 1.95. The first-order chi connectivity index (χ1) is 8.24. The Morgan fingerprint density at radius 3 is 3.06 bits per heavy atom. The molecule has 1 aliphatic rings. The molecule has 0 aliphatic heterocycles. The smallest absolute Gasteiger partial charge is 0.234 e. The first kappa shape index (κ1) is 12.2. The first-order valence-corrected chi connectivity index (χ1v) is 5.98. The summed E-state index contributed by atoms with van der Waals surface area (Å²) in [7, 11) is 1.95. The van der Waals surface area contributed by atoms with Crippen molar-refractivity contribution in [1.29, 1.82) is 5.26 Å².